The second kappa shape index (κ2) is 6.53. The molecule has 7 heteroatoms. The predicted octanol–water partition coefficient (Wildman–Crippen LogP) is 2.49. The minimum Gasteiger partial charge on any atom is -0.493 e. The highest BCUT2D eigenvalue weighted by Crippen LogP contribution is 2.42. The molecule has 6 nitrogen and oxygen atoms in total. The van der Waals surface area contributed by atoms with Gasteiger partial charge >= 0.3 is 6.03 Å². The van der Waals surface area contributed by atoms with Gasteiger partial charge in [-0.15, -0.1) is 11.8 Å². The van der Waals surface area contributed by atoms with Crippen LogP contribution in [-0.4, -0.2) is 67.3 Å². The Morgan fingerprint density at radius 3 is 3.04 bits per heavy atom. The van der Waals surface area contributed by atoms with E-state index in [2.05, 4.69) is 36.0 Å². The molecule has 1 saturated heterocycles. The summed E-state index contributed by atoms with van der Waals surface area (Å²) >= 11 is 1.66. The number of aliphatic imine (C=N–C) groups is 1. The second-order valence-electron chi connectivity index (χ2n) is 7.04. The second-order valence-corrected chi connectivity index (χ2v) is 8.03. The predicted molar refractivity (Wildman–Crippen MR) is 100 cm³/mol. The smallest absolute Gasteiger partial charge is 0.318 e. The molecular formula is C18H24N4O2S. The molecule has 2 amide bonds. The van der Waals surface area contributed by atoms with Crippen LogP contribution in [0.3, 0.4) is 0 Å². The molecule has 25 heavy (non-hydrogen) atoms. The van der Waals surface area contributed by atoms with E-state index in [-0.39, 0.29) is 18.1 Å². The van der Waals surface area contributed by atoms with Gasteiger partial charge in [-0.05, 0) is 45.8 Å². The van der Waals surface area contributed by atoms with Crippen LogP contribution >= 0.6 is 11.8 Å². The Hall–Kier alpha value is -1.73. The third kappa shape index (κ3) is 2.79. The summed E-state index contributed by atoms with van der Waals surface area (Å²) in [6, 6.07) is 5.01. The highest BCUT2D eigenvalue weighted by molar-refractivity contribution is 7.99. The molecule has 0 radical (unpaired) electrons. The van der Waals surface area contributed by atoms with Gasteiger partial charge in [-0.3, -0.25) is 4.99 Å². The van der Waals surface area contributed by atoms with Crippen molar-refractivity contribution in [2.24, 2.45) is 4.99 Å². The lowest BCUT2D eigenvalue weighted by Gasteiger charge is -2.31. The summed E-state index contributed by atoms with van der Waals surface area (Å²) < 4.78 is 5.61. The number of ether oxygens (including phenoxy) is 1. The maximum absolute atomic E-state index is 12.4. The van der Waals surface area contributed by atoms with Crippen molar-refractivity contribution in [1.82, 2.24) is 15.1 Å². The fourth-order valence-electron chi connectivity index (χ4n) is 4.29. The minimum absolute atomic E-state index is 0.0478. The average Bonchev–Trinajstić information content (AvgIpc) is 3.27. The van der Waals surface area contributed by atoms with Crippen LogP contribution in [0.4, 0.5) is 10.5 Å². The number of thioether (sulfide) groups is 1. The summed E-state index contributed by atoms with van der Waals surface area (Å²) in [7, 11) is 4.20. The molecule has 2 fully saturated rings. The van der Waals surface area contributed by atoms with E-state index in [9.17, 15) is 4.79 Å². The zero-order chi connectivity index (χ0) is 17.6. The number of urea groups is 1. The van der Waals surface area contributed by atoms with Crippen LogP contribution in [-0.2, 0) is 6.42 Å². The molecule has 0 aromatic heterocycles. The summed E-state index contributed by atoms with van der Waals surface area (Å²) in [4.78, 5) is 22.0. The zero-order valence-corrected chi connectivity index (χ0v) is 15.5. The fraction of sp³-hybridized carbons (Fsp3) is 0.556. The van der Waals surface area contributed by atoms with E-state index < -0.39 is 0 Å². The Balaban J connectivity index is 1.53. The summed E-state index contributed by atoms with van der Waals surface area (Å²) in [6.45, 7) is 4.44. The van der Waals surface area contributed by atoms with Gasteiger partial charge in [0.05, 0.1) is 30.3 Å². The molecule has 1 aromatic carbocycles. The van der Waals surface area contributed by atoms with Crippen LogP contribution in [0, 0.1) is 0 Å². The summed E-state index contributed by atoms with van der Waals surface area (Å²) in [5, 5.41) is 3.15. The van der Waals surface area contributed by atoms with Crippen molar-refractivity contribution in [3.63, 3.8) is 0 Å². The molecule has 3 aliphatic rings. The molecule has 1 aliphatic carbocycles. The summed E-state index contributed by atoms with van der Waals surface area (Å²) in [6.07, 6.45) is 3.05. The molecule has 1 aromatic rings. The van der Waals surface area contributed by atoms with Crippen molar-refractivity contribution in [1.29, 1.82) is 0 Å². The number of fused-ring (bicyclic) bond motifs is 2. The van der Waals surface area contributed by atoms with Gasteiger partial charge in [0.25, 0.3) is 0 Å². The number of nitrogens with zero attached hydrogens (tertiary/aromatic N) is 3. The van der Waals surface area contributed by atoms with Crippen LogP contribution in [0.25, 0.3) is 0 Å². The monoisotopic (exact) mass is 360 g/mol. The van der Waals surface area contributed by atoms with E-state index in [1.807, 2.05) is 17.0 Å². The molecule has 0 bridgehead atoms. The van der Waals surface area contributed by atoms with Crippen molar-refractivity contribution < 1.29 is 9.53 Å². The lowest BCUT2D eigenvalue weighted by atomic mass is 10.1. The molecular weight excluding hydrogens is 336 g/mol. The van der Waals surface area contributed by atoms with Gasteiger partial charge in [-0.1, -0.05) is 0 Å². The molecule has 0 spiro atoms. The number of nitrogens with one attached hydrogen (secondary N) is 1. The lowest BCUT2D eigenvalue weighted by Crippen LogP contribution is -2.46. The minimum atomic E-state index is 0.0478. The van der Waals surface area contributed by atoms with Crippen LogP contribution in [0.5, 0.6) is 5.75 Å². The van der Waals surface area contributed by atoms with Crippen LogP contribution in [0.2, 0.25) is 0 Å². The Kier molecular flexibility index (Phi) is 4.37. The average molecular weight is 360 g/mol. The molecule has 3 unspecified atom stereocenters. The Morgan fingerprint density at radius 2 is 2.28 bits per heavy atom. The van der Waals surface area contributed by atoms with E-state index in [1.165, 1.54) is 0 Å². The first-order valence-electron chi connectivity index (χ1n) is 8.72. The number of benzene rings is 1. The van der Waals surface area contributed by atoms with E-state index in [0.29, 0.717) is 18.5 Å². The van der Waals surface area contributed by atoms with E-state index in [4.69, 9.17) is 4.74 Å². The molecule has 1 N–H and O–H groups in total. The van der Waals surface area contributed by atoms with Gasteiger partial charge < -0.3 is 19.9 Å². The third-order valence-electron chi connectivity index (χ3n) is 5.50. The molecule has 1 saturated carbocycles. The number of amides is 2. The standard InChI is InChI=1S/C18H24N4O2S/c1-19-16-11-8-9-24-14(11)6-7-15(16)25-10-22-17-12(20-18(22)23)4-5-13(17)21(2)3/h6-7,12-13,17H,1,4-5,8-10H2,2-3H3,(H,20,23). The fourth-order valence-corrected chi connectivity index (χ4v) is 5.35. The van der Waals surface area contributed by atoms with Crippen molar-refractivity contribution in [2.75, 3.05) is 26.6 Å². The van der Waals surface area contributed by atoms with Gasteiger partial charge in [0, 0.05) is 22.9 Å². The van der Waals surface area contributed by atoms with Gasteiger partial charge in [0.15, 0.2) is 0 Å². The molecule has 134 valence electrons. The number of carbonyl (C=O) groups excluding carboxylic acids is 1. The number of hydrogen-bond donors (Lipinski definition) is 1. The largest absolute Gasteiger partial charge is 0.493 e. The van der Waals surface area contributed by atoms with Gasteiger partial charge in [0.2, 0.25) is 0 Å². The van der Waals surface area contributed by atoms with Crippen molar-refractivity contribution in [2.45, 2.75) is 42.3 Å². The van der Waals surface area contributed by atoms with Crippen molar-refractivity contribution in [3.05, 3.63) is 17.7 Å². The number of carbonyl (C=O) groups is 1. The topological polar surface area (TPSA) is 57.2 Å². The van der Waals surface area contributed by atoms with E-state index in [0.717, 1.165) is 41.2 Å². The SMILES string of the molecule is C=Nc1c(SCN2C(=O)NC3CCC(N(C)C)C32)ccc2c1CCO2. The maximum atomic E-state index is 12.4. The van der Waals surface area contributed by atoms with Crippen molar-refractivity contribution in [3.8, 4) is 5.75 Å². The summed E-state index contributed by atoms with van der Waals surface area (Å²) in [5.74, 6) is 1.54. The van der Waals surface area contributed by atoms with Crippen LogP contribution in [0.1, 0.15) is 18.4 Å². The molecule has 3 atom stereocenters. The molecule has 4 rings (SSSR count). The quantitative estimate of drug-likeness (QED) is 0.647. The van der Waals surface area contributed by atoms with E-state index in [1.54, 1.807) is 11.8 Å². The maximum Gasteiger partial charge on any atom is 0.318 e. The normalized spacial score (nSPS) is 27.2. The highest BCUT2D eigenvalue weighted by atomic mass is 32.2. The Bertz CT molecular complexity index is 709. The Labute approximate surface area is 152 Å². The summed E-state index contributed by atoms with van der Waals surface area (Å²) in [5.41, 5.74) is 2.04. The van der Waals surface area contributed by atoms with Crippen molar-refractivity contribution >= 4 is 30.2 Å². The number of likely N-dealkylation sites (N-methyl/N-ethyl adjacent to an activating group) is 1. The first-order chi connectivity index (χ1) is 12.1. The first kappa shape index (κ1) is 16.7. The van der Waals surface area contributed by atoms with Gasteiger partial charge in [-0.25, -0.2) is 4.79 Å². The lowest BCUT2D eigenvalue weighted by molar-refractivity contribution is 0.174. The van der Waals surface area contributed by atoms with E-state index >= 15 is 0 Å². The third-order valence-corrected chi connectivity index (χ3v) is 6.55. The van der Waals surface area contributed by atoms with Crippen LogP contribution in [0.15, 0.2) is 22.0 Å². The molecule has 2 heterocycles. The highest BCUT2D eigenvalue weighted by Gasteiger charge is 2.48. The van der Waals surface area contributed by atoms with Gasteiger partial charge in [0.1, 0.15) is 5.75 Å². The van der Waals surface area contributed by atoms with Crippen LogP contribution < -0.4 is 10.1 Å². The number of rotatable bonds is 5. The number of hydrogen-bond acceptors (Lipinski definition) is 5. The first-order valence-corrected chi connectivity index (χ1v) is 9.70. The van der Waals surface area contributed by atoms with Gasteiger partial charge in [-0.2, -0.15) is 0 Å². The zero-order valence-electron chi connectivity index (χ0n) is 14.7. The Morgan fingerprint density at radius 1 is 1.44 bits per heavy atom. The molecule has 2 aliphatic heterocycles.